The van der Waals surface area contributed by atoms with Crippen molar-refractivity contribution < 1.29 is 8.42 Å². The van der Waals surface area contributed by atoms with Crippen LogP contribution in [0.4, 0.5) is 11.6 Å². The third kappa shape index (κ3) is 7.48. The van der Waals surface area contributed by atoms with Crippen LogP contribution in [-0.4, -0.2) is 30.0 Å². The molecule has 0 saturated heterocycles. The van der Waals surface area contributed by atoms with Gasteiger partial charge in [-0.2, -0.15) is 0 Å². The van der Waals surface area contributed by atoms with E-state index in [9.17, 15) is 8.42 Å². The molecule has 0 amide bonds. The molecule has 9 heteroatoms. The first-order chi connectivity index (χ1) is 13.0. The highest BCUT2D eigenvalue weighted by Gasteiger charge is 2.15. The normalized spacial score (nSPS) is 11.0. The third-order valence-corrected chi connectivity index (χ3v) is 5.37. The van der Waals surface area contributed by atoms with Crippen LogP contribution in [0.2, 0.25) is 0 Å². The summed E-state index contributed by atoms with van der Waals surface area (Å²) in [6, 6.07) is 7.94. The molecule has 0 aliphatic rings. The van der Waals surface area contributed by atoms with Crippen molar-refractivity contribution in [1.82, 2.24) is 15.3 Å². The number of thiocarbonyl (C=S) groups is 1. The van der Waals surface area contributed by atoms with Gasteiger partial charge >= 0.3 is 0 Å². The summed E-state index contributed by atoms with van der Waals surface area (Å²) in [5.74, 6) is 0.0315. The van der Waals surface area contributed by atoms with E-state index in [4.69, 9.17) is 12.2 Å². The van der Waals surface area contributed by atoms with E-state index in [0.717, 1.165) is 13.0 Å². The molecule has 2 aromatic rings. The molecule has 1 aromatic heterocycles. The highest BCUT2D eigenvalue weighted by Crippen LogP contribution is 2.16. The molecule has 1 aromatic carbocycles. The zero-order chi connectivity index (χ0) is 19.5. The summed E-state index contributed by atoms with van der Waals surface area (Å²) in [6.07, 6.45) is 8.94. The number of anilines is 2. The lowest BCUT2D eigenvalue weighted by molar-refractivity contribution is 0.601. The van der Waals surface area contributed by atoms with Crippen LogP contribution in [0.1, 0.15) is 39.0 Å². The molecule has 0 fully saturated rings. The van der Waals surface area contributed by atoms with Crippen LogP contribution in [0.25, 0.3) is 0 Å². The number of unbranched alkanes of at least 4 members (excludes halogenated alkanes) is 4. The van der Waals surface area contributed by atoms with Crippen LogP contribution in [0.5, 0.6) is 0 Å². The topological polar surface area (TPSA) is 96.0 Å². The Hall–Kier alpha value is -2.26. The molecule has 0 atom stereocenters. The Kier molecular flexibility index (Phi) is 8.41. The van der Waals surface area contributed by atoms with Gasteiger partial charge in [0.1, 0.15) is 0 Å². The molecule has 3 N–H and O–H groups in total. The molecule has 0 unspecified atom stereocenters. The molecule has 7 nitrogen and oxygen atoms in total. The molecular formula is C18H25N5O2S2. The molecular weight excluding hydrogens is 382 g/mol. The highest BCUT2D eigenvalue weighted by molar-refractivity contribution is 7.92. The number of rotatable bonds is 10. The van der Waals surface area contributed by atoms with Crippen LogP contribution in [0.3, 0.4) is 0 Å². The van der Waals surface area contributed by atoms with Crippen LogP contribution in [0, 0.1) is 0 Å². The van der Waals surface area contributed by atoms with Crippen molar-refractivity contribution >= 4 is 39.0 Å². The molecule has 0 aliphatic heterocycles. The lowest BCUT2D eigenvalue weighted by Crippen LogP contribution is -2.29. The third-order valence-electron chi connectivity index (χ3n) is 3.78. The second-order valence-corrected chi connectivity index (χ2v) is 8.09. The van der Waals surface area contributed by atoms with E-state index in [1.807, 2.05) is 0 Å². The summed E-state index contributed by atoms with van der Waals surface area (Å²) < 4.78 is 27.0. The van der Waals surface area contributed by atoms with Crippen LogP contribution in [-0.2, 0) is 10.0 Å². The molecule has 0 bridgehead atoms. The molecule has 1 heterocycles. The van der Waals surface area contributed by atoms with Gasteiger partial charge in [0.15, 0.2) is 5.11 Å². The smallest absolute Gasteiger partial charge is 0.264 e. The Bertz CT molecular complexity index is 811. The van der Waals surface area contributed by atoms with Gasteiger partial charge in [-0.15, -0.1) is 0 Å². The van der Waals surface area contributed by atoms with Gasteiger partial charge in [0.25, 0.3) is 10.0 Å². The largest absolute Gasteiger partial charge is 0.362 e. The van der Waals surface area contributed by atoms with Crippen molar-refractivity contribution in [3.05, 3.63) is 42.7 Å². The fourth-order valence-electron chi connectivity index (χ4n) is 2.35. The maximum atomic E-state index is 12.3. The van der Waals surface area contributed by atoms with Crippen molar-refractivity contribution in [3.8, 4) is 0 Å². The molecule has 2 rings (SSSR count). The van der Waals surface area contributed by atoms with E-state index in [-0.39, 0.29) is 10.8 Å². The van der Waals surface area contributed by atoms with Gasteiger partial charge in [-0.05, 0) is 49.0 Å². The second kappa shape index (κ2) is 10.8. The fraction of sp³-hybridized carbons (Fsp3) is 0.389. The van der Waals surface area contributed by atoms with E-state index in [2.05, 4.69) is 32.2 Å². The maximum absolute atomic E-state index is 12.3. The van der Waals surface area contributed by atoms with Crippen molar-refractivity contribution in [2.24, 2.45) is 0 Å². The van der Waals surface area contributed by atoms with E-state index in [1.54, 1.807) is 18.2 Å². The molecule has 146 valence electrons. The fourth-order valence-corrected chi connectivity index (χ4v) is 3.53. The minimum absolute atomic E-state index is 0.0315. The van der Waals surface area contributed by atoms with Gasteiger partial charge in [-0.3, -0.25) is 0 Å². The molecule has 0 aliphatic carbocycles. The van der Waals surface area contributed by atoms with Crippen molar-refractivity contribution in [2.45, 2.75) is 43.9 Å². The van der Waals surface area contributed by atoms with Gasteiger partial charge < -0.3 is 10.6 Å². The van der Waals surface area contributed by atoms with E-state index in [0.29, 0.717) is 10.8 Å². The minimum Gasteiger partial charge on any atom is -0.362 e. The van der Waals surface area contributed by atoms with Crippen LogP contribution in [0.15, 0.2) is 47.6 Å². The van der Waals surface area contributed by atoms with Gasteiger partial charge in [-0.25, -0.2) is 23.1 Å². The summed E-state index contributed by atoms with van der Waals surface area (Å²) in [7, 11) is -3.74. The lowest BCUT2D eigenvalue weighted by atomic mass is 10.1. The SMILES string of the molecule is CCCCCCCNC(=S)Nc1ccc(S(=O)(=O)Nc2ncccn2)cc1. The van der Waals surface area contributed by atoms with Gasteiger partial charge in [0.05, 0.1) is 4.90 Å². The van der Waals surface area contributed by atoms with Gasteiger partial charge in [0, 0.05) is 24.6 Å². The average Bonchev–Trinajstić information content (AvgIpc) is 2.65. The Morgan fingerprint density at radius 2 is 1.70 bits per heavy atom. The molecule has 0 radical (unpaired) electrons. The van der Waals surface area contributed by atoms with Crippen molar-refractivity contribution in [2.75, 3.05) is 16.6 Å². The summed E-state index contributed by atoms with van der Waals surface area (Å²) in [4.78, 5) is 7.84. The zero-order valence-corrected chi connectivity index (χ0v) is 16.9. The predicted octanol–water partition coefficient (Wildman–Crippen LogP) is 3.53. The Morgan fingerprint density at radius 1 is 1.04 bits per heavy atom. The highest BCUT2D eigenvalue weighted by atomic mass is 32.2. The minimum atomic E-state index is -3.74. The first kappa shape index (κ1) is 21.0. The number of nitrogens with one attached hydrogen (secondary N) is 3. The number of hydrogen-bond donors (Lipinski definition) is 3. The zero-order valence-electron chi connectivity index (χ0n) is 15.3. The monoisotopic (exact) mass is 407 g/mol. The summed E-state index contributed by atoms with van der Waals surface area (Å²) in [5, 5.41) is 6.74. The summed E-state index contributed by atoms with van der Waals surface area (Å²) in [6.45, 7) is 3.02. The summed E-state index contributed by atoms with van der Waals surface area (Å²) >= 11 is 5.26. The van der Waals surface area contributed by atoms with Gasteiger partial charge in [0.2, 0.25) is 5.95 Å². The molecule has 27 heavy (non-hydrogen) atoms. The van der Waals surface area contributed by atoms with E-state index >= 15 is 0 Å². The second-order valence-electron chi connectivity index (χ2n) is 6.00. The Morgan fingerprint density at radius 3 is 2.37 bits per heavy atom. The average molecular weight is 408 g/mol. The van der Waals surface area contributed by atoms with Crippen molar-refractivity contribution in [1.29, 1.82) is 0 Å². The Labute approximate surface area is 166 Å². The van der Waals surface area contributed by atoms with Gasteiger partial charge in [-0.1, -0.05) is 32.6 Å². The Balaban J connectivity index is 1.83. The molecule has 0 saturated carbocycles. The number of sulfonamides is 1. The van der Waals surface area contributed by atoms with Crippen molar-refractivity contribution in [3.63, 3.8) is 0 Å². The van der Waals surface area contributed by atoms with E-state index in [1.165, 1.54) is 50.2 Å². The van der Waals surface area contributed by atoms with E-state index < -0.39 is 10.0 Å². The number of benzene rings is 1. The lowest BCUT2D eigenvalue weighted by Gasteiger charge is -2.11. The van der Waals surface area contributed by atoms with Crippen LogP contribution >= 0.6 is 12.2 Å². The van der Waals surface area contributed by atoms with Crippen LogP contribution < -0.4 is 15.4 Å². The number of hydrogen-bond acceptors (Lipinski definition) is 5. The standard InChI is InChI=1S/C18H25N5O2S2/c1-2-3-4-5-6-12-21-18(26)22-15-8-10-16(11-9-15)27(24,25)23-17-19-13-7-14-20-17/h7-11,13-14H,2-6,12H2,1H3,(H,19,20,23)(H2,21,22,26). The summed E-state index contributed by atoms with van der Waals surface area (Å²) in [5.41, 5.74) is 0.716. The number of aromatic nitrogens is 2. The first-order valence-electron chi connectivity index (χ1n) is 8.96. The predicted molar refractivity (Wildman–Crippen MR) is 112 cm³/mol. The quantitative estimate of drug-likeness (QED) is 0.409. The number of nitrogens with zero attached hydrogens (tertiary/aromatic N) is 2. The maximum Gasteiger partial charge on any atom is 0.264 e. The molecule has 0 spiro atoms. The first-order valence-corrected chi connectivity index (χ1v) is 10.8.